The number of carbonyl (C=O) groups is 2. The Labute approximate surface area is 204 Å². The van der Waals surface area contributed by atoms with E-state index in [4.69, 9.17) is 11.6 Å². The highest BCUT2D eigenvalue weighted by Gasteiger charge is 2.31. The SMILES string of the molecule is CC(C)(C)[S@](=O)NC(=O)c1c(C2=CC=CCC2=O)c2cc(Cl)ccc2n1Cc1ccccc1F. The first kappa shape index (κ1) is 24.1. The molecule has 0 fully saturated rings. The van der Waals surface area contributed by atoms with Crippen LogP contribution in [0.15, 0.2) is 60.7 Å². The van der Waals surface area contributed by atoms with Crippen LogP contribution >= 0.6 is 11.6 Å². The molecule has 1 aliphatic carbocycles. The number of allylic oxidation sites excluding steroid dienone is 4. The standard InChI is InChI=1S/C26H24ClFN2O3S/c1-26(2,3)34(33)29-25(32)24-23(18-9-5-7-11-22(18)31)19-14-17(27)12-13-21(19)30(24)15-16-8-4-6-10-20(16)28/h4-10,12-14H,11,15H2,1-3H3,(H,29,32)/t34-/m0/s1. The van der Waals surface area contributed by atoms with E-state index in [1.807, 2.05) is 0 Å². The minimum absolute atomic E-state index is 0.0347. The molecule has 0 saturated carbocycles. The number of nitrogens with zero attached hydrogens (tertiary/aromatic N) is 1. The molecule has 0 unspecified atom stereocenters. The van der Waals surface area contributed by atoms with Crippen molar-refractivity contribution >= 4 is 50.8 Å². The summed E-state index contributed by atoms with van der Waals surface area (Å²) in [5.74, 6) is -1.19. The van der Waals surface area contributed by atoms with Crippen LogP contribution in [-0.4, -0.2) is 25.2 Å². The van der Waals surface area contributed by atoms with Crippen LogP contribution in [0.3, 0.4) is 0 Å². The zero-order chi connectivity index (χ0) is 24.6. The lowest BCUT2D eigenvalue weighted by atomic mass is 9.93. The van der Waals surface area contributed by atoms with Crippen LogP contribution in [0.5, 0.6) is 0 Å². The molecular formula is C26H24ClFN2O3S. The fourth-order valence-electron chi connectivity index (χ4n) is 3.85. The highest BCUT2D eigenvalue weighted by atomic mass is 35.5. The Hall–Kier alpha value is -3.03. The van der Waals surface area contributed by atoms with E-state index in [1.54, 1.807) is 80.0 Å². The number of fused-ring (bicyclic) bond motifs is 1. The predicted octanol–water partition coefficient (Wildman–Crippen LogP) is 5.59. The van der Waals surface area contributed by atoms with Crippen LogP contribution in [0.1, 0.15) is 48.8 Å². The Morgan fingerprint density at radius 2 is 1.94 bits per heavy atom. The number of nitrogens with one attached hydrogen (secondary N) is 1. The Kier molecular flexibility index (Phi) is 6.60. The van der Waals surface area contributed by atoms with Crippen LogP contribution < -0.4 is 4.72 Å². The second-order valence-electron chi connectivity index (χ2n) is 9.01. The molecule has 1 amide bonds. The summed E-state index contributed by atoms with van der Waals surface area (Å²) >= 11 is 6.30. The molecule has 1 heterocycles. The molecule has 1 aromatic heterocycles. The minimum atomic E-state index is -1.71. The molecule has 5 nitrogen and oxygen atoms in total. The van der Waals surface area contributed by atoms with Gasteiger partial charge in [0.2, 0.25) is 0 Å². The number of Topliss-reactive ketones (excluding diaryl/α,β-unsaturated/α-hetero) is 1. The predicted molar refractivity (Wildman–Crippen MR) is 135 cm³/mol. The van der Waals surface area contributed by atoms with Gasteiger partial charge in [-0.25, -0.2) is 8.60 Å². The lowest BCUT2D eigenvalue weighted by molar-refractivity contribution is -0.113. The maximum Gasteiger partial charge on any atom is 0.280 e. The lowest BCUT2D eigenvalue weighted by Gasteiger charge is -2.19. The quantitative estimate of drug-likeness (QED) is 0.499. The highest BCUT2D eigenvalue weighted by molar-refractivity contribution is 7.85. The van der Waals surface area contributed by atoms with Gasteiger partial charge in [-0.1, -0.05) is 48.0 Å². The Morgan fingerprint density at radius 1 is 1.21 bits per heavy atom. The zero-order valence-corrected chi connectivity index (χ0v) is 20.6. The van der Waals surface area contributed by atoms with Gasteiger partial charge in [-0.3, -0.25) is 14.3 Å². The van der Waals surface area contributed by atoms with Crippen molar-refractivity contribution in [1.82, 2.24) is 9.29 Å². The third-order valence-corrected chi connectivity index (χ3v) is 7.26. The summed E-state index contributed by atoms with van der Waals surface area (Å²) in [4.78, 5) is 26.5. The van der Waals surface area contributed by atoms with Crippen molar-refractivity contribution in [2.45, 2.75) is 38.5 Å². The number of ketones is 1. The average molecular weight is 499 g/mol. The van der Waals surface area contributed by atoms with Gasteiger partial charge in [0.25, 0.3) is 5.91 Å². The highest BCUT2D eigenvalue weighted by Crippen LogP contribution is 2.36. The number of aromatic nitrogens is 1. The van der Waals surface area contributed by atoms with Crippen LogP contribution in [0, 0.1) is 5.82 Å². The van der Waals surface area contributed by atoms with Gasteiger partial charge < -0.3 is 4.57 Å². The van der Waals surface area contributed by atoms with Crippen molar-refractivity contribution < 1.29 is 18.2 Å². The normalized spacial score (nSPS) is 14.9. The first-order chi connectivity index (χ1) is 16.1. The second-order valence-corrected chi connectivity index (χ2v) is 11.4. The van der Waals surface area contributed by atoms with Gasteiger partial charge >= 0.3 is 0 Å². The fraction of sp³-hybridized carbons (Fsp3) is 0.231. The first-order valence-electron chi connectivity index (χ1n) is 10.8. The molecule has 1 N–H and O–H groups in total. The molecule has 0 aliphatic heterocycles. The van der Waals surface area contributed by atoms with Crippen molar-refractivity contribution in [2.75, 3.05) is 0 Å². The molecule has 0 radical (unpaired) electrons. The van der Waals surface area contributed by atoms with Gasteiger partial charge in [0, 0.05) is 39.0 Å². The maximum atomic E-state index is 14.6. The summed E-state index contributed by atoms with van der Waals surface area (Å²) in [6.07, 6.45) is 5.36. The molecule has 1 aliphatic rings. The smallest absolute Gasteiger partial charge is 0.280 e. The summed E-state index contributed by atoms with van der Waals surface area (Å²) in [6, 6.07) is 11.4. The van der Waals surface area contributed by atoms with Crippen molar-refractivity contribution in [3.05, 3.63) is 88.4 Å². The molecule has 4 rings (SSSR count). The summed E-state index contributed by atoms with van der Waals surface area (Å²) < 4.78 is 30.9. The molecule has 2 aromatic carbocycles. The number of hydrogen-bond donors (Lipinski definition) is 1. The molecule has 3 aromatic rings. The molecule has 8 heteroatoms. The molecule has 0 saturated heterocycles. The van der Waals surface area contributed by atoms with E-state index in [9.17, 15) is 18.2 Å². The molecule has 0 bridgehead atoms. The monoisotopic (exact) mass is 498 g/mol. The number of amides is 1. The van der Waals surface area contributed by atoms with Crippen LogP contribution in [0.2, 0.25) is 5.02 Å². The summed E-state index contributed by atoms with van der Waals surface area (Å²) in [5, 5.41) is 1.02. The van der Waals surface area contributed by atoms with Crippen LogP contribution in [0.4, 0.5) is 4.39 Å². The van der Waals surface area contributed by atoms with Gasteiger partial charge in [-0.15, -0.1) is 0 Å². The molecular weight excluding hydrogens is 475 g/mol. The van der Waals surface area contributed by atoms with E-state index in [1.165, 1.54) is 6.07 Å². The third-order valence-electron chi connectivity index (χ3n) is 5.54. The van der Waals surface area contributed by atoms with Crippen molar-refractivity contribution in [3.63, 3.8) is 0 Å². The number of halogens is 2. The van der Waals surface area contributed by atoms with Crippen molar-refractivity contribution in [1.29, 1.82) is 0 Å². The Bertz CT molecular complexity index is 1400. The number of hydrogen-bond acceptors (Lipinski definition) is 3. The first-order valence-corrected chi connectivity index (χ1v) is 12.3. The van der Waals surface area contributed by atoms with E-state index >= 15 is 0 Å². The van der Waals surface area contributed by atoms with Gasteiger partial charge in [-0.05, 0) is 45.0 Å². The lowest BCUT2D eigenvalue weighted by Crippen LogP contribution is -2.38. The van der Waals surface area contributed by atoms with Crippen molar-refractivity contribution in [2.24, 2.45) is 0 Å². The van der Waals surface area contributed by atoms with E-state index in [0.717, 1.165) is 0 Å². The summed E-state index contributed by atoms with van der Waals surface area (Å²) in [7, 11) is -1.71. The minimum Gasteiger partial charge on any atom is -0.331 e. The fourth-order valence-corrected chi connectivity index (χ4v) is 4.59. The molecule has 176 valence electrons. The van der Waals surface area contributed by atoms with Crippen molar-refractivity contribution in [3.8, 4) is 0 Å². The van der Waals surface area contributed by atoms with Crippen LogP contribution in [0.25, 0.3) is 16.5 Å². The van der Waals surface area contributed by atoms with Gasteiger partial charge in [0.1, 0.15) is 22.5 Å². The third kappa shape index (κ3) is 4.63. The second kappa shape index (κ2) is 9.31. The van der Waals surface area contributed by atoms with E-state index in [-0.39, 0.29) is 24.4 Å². The number of carbonyl (C=O) groups excluding carboxylic acids is 2. The Balaban J connectivity index is 2.01. The van der Waals surface area contributed by atoms with E-state index < -0.39 is 27.5 Å². The van der Waals surface area contributed by atoms with Gasteiger partial charge in [0.15, 0.2) is 5.78 Å². The molecule has 34 heavy (non-hydrogen) atoms. The van der Waals surface area contributed by atoms with E-state index in [0.29, 0.717) is 32.6 Å². The van der Waals surface area contributed by atoms with Gasteiger partial charge in [0.05, 0.1) is 11.3 Å². The topological polar surface area (TPSA) is 68.2 Å². The summed E-state index contributed by atoms with van der Waals surface area (Å²) in [6.45, 7) is 5.28. The van der Waals surface area contributed by atoms with Crippen LogP contribution in [-0.2, 0) is 22.3 Å². The number of benzene rings is 2. The summed E-state index contributed by atoms with van der Waals surface area (Å²) in [5.41, 5.74) is 1.86. The number of rotatable bonds is 5. The average Bonchev–Trinajstić information content (AvgIpc) is 3.08. The zero-order valence-electron chi connectivity index (χ0n) is 19.0. The largest absolute Gasteiger partial charge is 0.331 e. The maximum absolute atomic E-state index is 14.6. The van der Waals surface area contributed by atoms with Gasteiger partial charge in [-0.2, -0.15) is 0 Å². The molecule has 1 atom stereocenters. The molecule has 0 spiro atoms. The van der Waals surface area contributed by atoms with E-state index in [2.05, 4.69) is 4.72 Å². The Morgan fingerprint density at radius 3 is 2.62 bits per heavy atom.